The van der Waals surface area contributed by atoms with Gasteiger partial charge in [0.2, 0.25) is 0 Å². The molecular formula is C13H22IN3. The van der Waals surface area contributed by atoms with Gasteiger partial charge in [-0.1, -0.05) is 33.6 Å². The molecule has 17 heavy (non-hydrogen) atoms. The Morgan fingerprint density at radius 3 is 2.47 bits per heavy atom. The Balaban J connectivity index is 2.27. The summed E-state index contributed by atoms with van der Waals surface area (Å²) in [5.41, 5.74) is 7.63. The lowest BCUT2D eigenvalue weighted by atomic mass is 9.91. The first-order valence-electron chi connectivity index (χ1n) is 6.41. The predicted molar refractivity (Wildman–Crippen MR) is 80.0 cm³/mol. The molecule has 1 heterocycles. The molecule has 1 fully saturated rings. The molecule has 2 rings (SSSR count). The van der Waals surface area contributed by atoms with Crippen molar-refractivity contribution in [2.45, 2.75) is 58.9 Å². The summed E-state index contributed by atoms with van der Waals surface area (Å²) in [5.74, 6) is 0.872. The second kappa shape index (κ2) is 4.78. The Kier molecular flexibility index (Phi) is 3.71. The fourth-order valence-corrected chi connectivity index (χ4v) is 3.06. The van der Waals surface area contributed by atoms with Gasteiger partial charge >= 0.3 is 0 Å². The van der Waals surface area contributed by atoms with Crippen LogP contribution in [0.4, 0.5) is 5.82 Å². The van der Waals surface area contributed by atoms with Gasteiger partial charge in [0.05, 0.1) is 15.3 Å². The summed E-state index contributed by atoms with van der Waals surface area (Å²) in [6.45, 7) is 6.73. The van der Waals surface area contributed by atoms with Crippen LogP contribution in [0.5, 0.6) is 0 Å². The van der Waals surface area contributed by atoms with Crippen LogP contribution in [-0.4, -0.2) is 9.78 Å². The second-order valence-electron chi connectivity index (χ2n) is 6.27. The van der Waals surface area contributed by atoms with Crippen LogP contribution in [0.2, 0.25) is 0 Å². The highest BCUT2D eigenvalue weighted by atomic mass is 127. The molecule has 0 spiro atoms. The predicted octanol–water partition coefficient (Wildman–Crippen LogP) is 3.77. The first-order valence-corrected chi connectivity index (χ1v) is 7.49. The zero-order chi connectivity index (χ0) is 12.6. The summed E-state index contributed by atoms with van der Waals surface area (Å²) in [5, 5.41) is 4.76. The van der Waals surface area contributed by atoms with Gasteiger partial charge in [0, 0.05) is 0 Å². The number of anilines is 1. The summed E-state index contributed by atoms with van der Waals surface area (Å²) < 4.78 is 3.24. The largest absolute Gasteiger partial charge is 0.383 e. The number of halogens is 1. The van der Waals surface area contributed by atoms with Crippen molar-refractivity contribution in [3.05, 3.63) is 9.26 Å². The van der Waals surface area contributed by atoms with Crippen LogP contribution in [0.3, 0.4) is 0 Å². The molecule has 96 valence electrons. The van der Waals surface area contributed by atoms with Crippen molar-refractivity contribution in [2.75, 3.05) is 5.73 Å². The van der Waals surface area contributed by atoms with Crippen molar-refractivity contribution >= 4 is 28.4 Å². The van der Waals surface area contributed by atoms with Crippen molar-refractivity contribution in [2.24, 2.45) is 5.41 Å². The second-order valence-corrected chi connectivity index (χ2v) is 7.34. The minimum Gasteiger partial charge on any atom is -0.383 e. The number of hydrogen-bond acceptors (Lipinski definition) is 2. The maximum absolute atomic E-state index is 6.20. The lowest BCUT2D eigenvalue weighted by Crippen LogP contribution is -2.12. The lowest BCUT2D eigenvalue weighted by Gasteiger charge is -2.16. The van der Waals surface area contributed by atoms with Gasteiger partial charge in [0.1, 0.15) is 5.82 Å². The normalized spacial score (nSPS) is 17.9. The van der Waals surface area contributed by atoms with E-state index >= 15 is 0 Å². The fourth-order valence-electron chi connectivity index (χ4n) is 2.52. The summed E-state index contributed by atoms with van der Waals surface area (Å²) in [6.07, 6.45) is 6.09. The van der Waals surface area contributed by atoms with Crippen LogP contribution >= 0.6 is 22.6 Å². The van der Waals surface area contributed by atoms with E-state index in [9.17, 15) is 0 Å². The van der Waals surface area contributed by atoms with E-state index in [-0.39, 0.29) is 5.41 Å². The van der Waals surface area contributed by atoms with Crippen LogP contribution in [0.25, 0.3) is 0 Å². The Labute approximate surface area is 117 Å². The van der Waals surface area contributed by atoms with Gasteiger partial charge in [-0.25, -0.2) is 4.68 Å². The maximum Gasteiger partial charge on any atom is 0.135 e. The van der Waals surface area contributed by atoms with Crippen LogP contribution in [0, 0.1) is 8.99 Å². The van der Waals surface area contributed by atoms with E-state index in [0.29, 0.717) is 6.04 Å². The molecule has 1 saturated carbocycles. The van der Waals surface area contributed by atoms with Crippen molar-refractivity contribution in [1.29, 1.82) is 0 Å². The van der Waals surface area contributed by atoms with Crippen molar-refractivity contribution in [3.8, 4) is 0 Å². The number of aromatic nitrogens is 2. The smallest absolute Gasteiger partial charge is 0.135 e. The molecule has 0 atom stereocenters. The quantitative estimate of drug-likeness (QED) is 0.828. The van der Waals surface area contributed by atoms with Crippen LogP contribution in [0.15, 0.2) is 0 Å². The van der Waals surface area contributed by atoms with Gasteiger partial charge in [-0.2, -0.15) is 5.10 Å². The SMILES string of the molecule is CC(C)(C)Cc1nn(C2CCCC2)c(N)c1I. The first-order chi connectivity index (χ1) is 7.88. The van der Waals surface area contributed by atoms with E-state index < -0.39 is 0 Å². The van der Waals surface area contributed by atoms with Crippen molar-refractivity contribution in [1.82, 2.24) is 9.78 Å². The standard InChI is InChI=1S/C13H22IN3/c1-13(2,3)8-10-11(14)12(15)17(16-10)9-6-4-5-7-9/h9H,4-8,15H2,1-3H3. The Morgan fingerprint density at radius 1 is 1.35 bits per heavy atom. The summed E-state index contributed by atoms with van der Waals surface area (Å²) in [6, 6.07) is 0.539. The minimum absolute atomic E-state index is 0.265. The van der Waals surface area contributed by atoms with E-state index in [1.807, 2.05) is 0 Å². The van der Waals surface area contributed by atoms with Gasteiger partial charge in [-0.3, -0.25) is 0 Å². The van der Waals surface area contributed by atoms with E-state index in [1.165, 1.54) is 31.4 Å². The van der Waals surface area contributed by atoms with Gasteiger partial charge < -0.3 is 5.73 Å². The number of nitrogens with zero attached hydrogens (tertiary/aromatic N) is 2. The van der Waals surface area contributed by atoms with E-state index in [4.69, 9.17) is 10.8 Å². The molecule has 4 heteroatoms. The molecule has 1 aromatic rings. The number of hydrogen-bond donors (Lipinski definition) is 1. The Hall–Kier alpha value is -0.260. The lowest BCUT2D eigenvalue weighted by molar-refractivity contribution is 0.397. The highest BCUT2D eigenvalue weighted by molar-refractivity contribution is 14.1. The molecule has 1 aliphatic carbocycles. The zero-order valence-electron chi connectivity index (χ0n) is 11.0. The van der Waals surface area contributed by atoms with Crippen molar-refractivity contribution in [3.63, 3.8) is 0 Å². The van der Waals surface area contributed by atoms with Crippen molar-refractivity contribution < 1.29 is 0 Å². The molecule has 0 amide bonds. The van der Waals surface area contributed by atoms with Gasteiger partial charge in [-0.05, 0) is 47.3 Å². The topological polar surface area (TPSA) is 43.8 Å². The third kappa shape index (κ3) is 2.95. The third-order valence-corrected chi connectivity index (χ3v) is 4.50. The van der Waals surface area contributed by atoms with E-state index in [1.54, 1.807) is 0 Å². The maximum atomic E-state index is 6.20. The highest BCUT2D eigenvalue weighted by Gasteiger charge is 2.24. The van der Waals surface area contributed by atoms with Gasteiger partial charge in [0.15, 0.2) is 0 Å². The molecule has 0 radical (unpaired) electrons. The first kappa shape index (κ1) is 13.2. The molecule has 3 nitrogen and oxygen atoms in total. The molecule has 1 aromatic heterocycles. The molecule has 2 N–H and O–H groups in total. The summed E-state index contributed by atoms with van der Waals surface area (Å²) >= 11 is 2.34. The van der Waals surface area contributed by atoms with Crippen LogP contribution in [0.1, 0.15) is 58.2 Å². The monoisotopic (exact) mass is 347 g/mol. The average molecular weight is 347 g/mol. The molecule has 1 aliphatic rings. The van der Waals surface area contributed by atoms with Crippen LogP contribution in [-0.2, 0) is 6.42 Å². The zero-order valence-corrected chi connectivity index (χ0v) is 13.1. The molecule has 0 saturated heterocycles. The fraction of sp³-hybridized carbons (Fsp3) is 0.769. The average Bonchev–Trinajstić information content (AvgIpc) is 2.80. The Bertz CT molecular complexity index is 398. The molecular weight excluding hydrogens is 325 g/mol. The third-order valence-electron chi connectivity index (χ3n) is 3.32. The minimum atomic E-state index is 0.265. The number of nitrogens with two attached hydrogens (primary N) is 1. The highest BCUT2D eigenvalue weighted by Crippen LogP contribution is 2.34. The van der Waals surface area contributed by atoms with E-state index in [2.05, 4.69) is 48.0 Å². The van der Waals surface area contributed by atoms with E-state index in [0.717, 1.165) is 15.8 Å². The molecule has 0 aliphatic heterocycles. The number of nitrogen functional groups attached to an aromatic ring is 1. The molecule has 0 unspecified atom stereocenters. The summed E-state index contributed by atoms with van der Waals surface area (Å²) in [4.78, 5) is 0. The summed E-state index contributed by atoms with van der Waals surface area (Å²) in [7, 11) is 0. The Morgan fingerprint density at radius 2 is 1.94 bits per heavy atom. The van der Waals surface area contributed by atoms with Gasteiger partial charge in [-0.15, -0.1) is 0 Å². The molecule has 0 aromatic carbocycles. The van der Waals surface area contributed by atoms with Crippen LogP contribution < -0.4 is 5.73 Å². The molecule has 0 bridgehead atoms. The number of rotatable bonds is 2. The van der Waals surface area contributed by atoms with Gasteiger partial charge in [0.25, 0.3) is 0 Å².